The molecule has 1 aromatic carbocycles. The van der Waals surface area contributed by atoms with Crippen molar-refractivity contribution in [2.45, 2.75) is 0 Å². The summed E-state index contributed by atoms with van der Waals surface area (Å²) in [6, 6.07) is 3.43. The van der Waals surface area contributed by atoms with Gasteiger partial charge in [0.05, 0.1) is 29.3 Å². The van der Waals surface area contributed by atoms with Gasteiger partial charge in [-0.05, 0) is 6.07 Å². The topological polar surface area (TPSA) is 119 Å². The molecule has 0 radical (unpaired) electrons. The molecule has 1 aromatic rings. The highest BCUT2D eigenvalue weighted by atomic mass is 16.6. The van der Waals surface area contributed by atoms with Crippen molar-refractivity contribution in [2.75, 3.05) is 47.1 Å². The van der Waals surface area contributed by atoms with Crippen molar-refractivity contribution in [3.8, 4) is 0 Å². The molecule has 1 heterocycles. The van der Waals surface area contributed by atoms with Gasteiger partial charge >= 0.3 is 0 Å². The number of non-ortho nitro benzene ring substituents is 1. The van der Waals surface area contributed by atoms with E-state index >= 15 is 0 Å². The second-order valence-corrected chi connectivity index (χ2v) is 5.55. The van der Waals surface area contributed by atoms with Crippen LogP contribution in [-0.4, -0.2) is 79.5 Å². The van der Waals surface area contributed by atoms with E-state index in [1.807, 2.05) is 0 Å². The number of fused-ring (bicyclic) bond motifs is 1. The number of nitro groups is 1. The number of hydrogen-bond donors (Lipinski definition) is 0. The fourth-order valence-electron chi connectivity index (χ4n) is 2.54. The largest absolute Gasteiger partial charge is 0.383 e. The molecule has 0 aromatic heterocycles. The summed E-state index contributed by atoms with van der Waals surface area (Å²) in [6.07, 6.45) is 0. The first-order valence-corrected chi connectivity index (χ1v) is 7.81. The Morgan fingerprint density at radius 1 is 1.12 bits per heavy atom. The summed E-state index contributed by atoms with van der Waals surface area (Å²) in [6.45, 7) is 0.710. The first kappa shape index (κ1) is 19.5. The fraction of sp³-hybridized carbons (Fsp3) is 0.438. The molecule has 1 aliphatic heterocycles. The minimum atomic E-state index is -0.722. The number of nitro benzene ring substituents is 1. The van der Waals surface area contributed by atoms with Gasteiger partial charge < -0.3 is 14.4 Å². The van der Waals surface area contributed by atoms with Crippen molar-refractivity contribution in [1.82, 2.24) is 9.80 Å². The van der Waals surface area contributed by atoms with Crippen molar-refractivity contribution in [2.24, 2.45) is 0 Å². The van der Waals surface area contributed by atoms with Gasteiger partial charge in [-0.25, -0.2) is 0 Å². The number of nitrogens with zero attached hydrogens (tertiary/aromatic N) is 3. The van der Waals surface area contributed by atoms with E-state index in [0.717, 1.165) is 17.0 Å². The number of imide groups is 1. The highest BCUT2D eigenvalue weighted by Gasteiger charge is 2.38. The van der Waals surface area contributed by atoms with Gasteiger partial charge in [0.2, 0.25) is 5.91 Å². The van der Waals surface area contributed by atoms with Gasteiger partial charge in [-0.2, -0.15) is 0 Å². The molecule has 0 spiro atoms. The molecule has 0 aliphatic carbocycles. The zero-order valence-corrected chi connectivity index (χ0v) is 14.5. The zero-order valence-electron chi connectivity index (χ0n) is 14.5. The molecule has 0 fully saturated rings. The van der Waals surface area contributed by atoms with Crippen molar-refractivity contribution < 1.29 is 28.8 Å². The summed E-state index contributed by atoms with van der Waals surface area (Å²) < 4.78 is 9.91. The van der Waals surface area contributed by atoms with Gasteiger partial charge in [0.15, 0.2) is 0 Å². The lowest BCUT2D eigenvalue weighted by molar-refractivity contribution is -0.384. The maximum absolute atomic E-state index is 12.5. The molecule has 10 heteroatoms. The lowest BCUT2D eigenvalue weighted by Gasteiger charge is -2.24. The Kier molecular flexibility index (Phi) is 6.36. The number of ether oxygens (including phenoxy) is 2. The molecule has 0 unspecified atom stereocenters. The Morgan fingerprint density at radius 2 is 1.69 bits per heavy atom. The standard InChI is InChI=1S/C16H19N3O7/c1-25-7-5-17(6-8-26-2)14(20)10-18-15(21)12-4-3-11(19(23)24)9-13(12)16(18)22/h3-4,9H,5-8,10H2,1-2H3. The van der Waals surface area contributed by atoms with Crippen LogP contribution < -0.4 is 0 Å². The highest BCUT2D eigenvalue weighted by Crippen LogP contribution is 2.26. The minimum Gasteiger partial charge on any atom is -0.383 e. The average Bonchev–Trinajstić information content (AvgIpc) is 2.86. The van der Waals surface area contributed by atoms with Crippen LogP contribution in [0.5, 0.6) is 0 Å². The highest BCUT2D eigenvalue weighted by molar-refractivity contribution is 6.22. The van der Waals surface area contributed by atoms with Crippen molar-refractivity contribution in [3.05, 3.63) is 39.4 Å². The van der Waals surface area contributed by atoms with Crippen LogP contribution in [0.3, 0.4) is 0 Å². The van der Waals surface area contributed by atoms with Gasteiger partial charge in [-0.15, -0.1) is 0 Å². The van der Waals surface area contributed by atoms with Crippen LogP contribution >= 0.6 is 0 Å². The smallest absolute Gasteiger partial charge is 0.270 e. The first-order chi connectivity index (χ1) is 12.4. The van der Waals surface area contributed by atoms with E-state index in [4.69, 9.17) is 9.47 Å². The summed E-state index contributed by atoms with van der Waals surface area (Å²) >= 11 is 0. The van der Waals surface area contributed by atoms with Crippen LogP contribution in [-0.2, 0) is 14.3 Å². The maximum atomic E-state index is 12.5. The SMILES string of the molecule is COCCN(CCOC)C(=O)CN1C(=O)c2ccc([N+](=O)[O-])cc2C1=O. The molecular weight excluding hydrogens is 346 g/mol. The van der Waals surface area contributed by atoms with Crippen molar-refractivity contribution in [3.63, 3.8) is 0 Å². The third kappa shape index (κ3) is 4.03. The van der Waals surface area contributed by atoms with E-state index in [1.165, 1.54) is 25.2 Å². The normalized spacial score (nSPS) is 13.1. The summed E-state index contributed by atoms with van der Waals surface area (Å²) in [5.74, 6) is -1.81. The third-order valence-corrected chi connectivity index (χ3v) is 3.94. The maximum Gasteiger partial charge on any atom is 0.270 e. The van der Waals surface area contributed by atoms with Crippen LogP contribution in [0.15, 0.2) is 18.2 Å². The summed E-state index contributed by atoms with van der Waals surface area (Å²) in [7, 11) is 2.99. The molecule has 0 atom stereocenters. The molecule has 0 saturated carbocycles. The number of hydrogen-bond acceptors (Lipinski definition) is 7. The Morgan fingerprint density at radius 3 is 2.23 bits per heavy atom. The summed E-state index contributed by atoms with van der Waals surface area (Å²) in [4.78, 5) is 49.7. The molecule has 0 saturated heterocycles. The Balaban J connectivity index is 2.15. The van der Waals surface area contributed by atoms with Gasteiger partial charge in [0.1, 0.15) is 6.54 Å². The number of rotatable bonds is 9. The average molecular weight is 365 g/mol. The van der Waals surface area contributed by atoms with E-state index in [2.05, 4.69) is 0 Å². The van der Waals surface area contributed by atoms with Crippen LogP contribution in [0.4, 0.5) is 5.69 Å². The van der Waals surface area contributed by atoms with Crippen LogP contribution in [0.2, 0.25) is 0 Å². The minimum absolute atomic E-state index is 0.0498. The van der Waals surface area contributed by atoms with Gasteiger partial charge in [0.25, 0.3) is 17.5 Å². The molecule has 2 rings (SSSR count). The summed E-state index contributed by atoms with van der Waals surface area (Å²) in [5.41, 5.74) is -0.314. The number of methoxy groups -OCH3 is 2. The Hall–Kier alpha value is -2.85. The second-order valence-electron chi connectivity index (χ2n) is 5.55. The van der Waals surface area contributed by atoms with E-state index in [1.54, 1.807) is 0 Å². The number of carbonyl (C=O) groups excluding carboxylic acids is 3. The number of amides is 3. The van der Waals surface area contributed by atoms with Crippen LogP contribution in [0.1, 0.15) is 20.7 Å². The second kappa shape index (κ2) is 8.50. The lowest BCUT2D eigenvalue weighted by Crippen LogP contribution is -2.44. The zero-order chi connectivity index (χ0) is 19.3. The van der Waals surface area contributed by atoms with E-state index in [9.17, 15) is 24.5 Å². The number of benzene rings is 1. The Labute approximate surface area is 149 Å². The van der Waals surface area contributed by atoms with Gasteiger partial charge in [-0.3, -0.25) is 29.4 Å². The van der Waals surface area contributed by atoms with Crippen molar-refractivity contribution in [1.29, 1.82) is 0 Å². The molecule has 0 N–H and O–H groups in total. The van der Waals surface area contributed by atoms with Crippen molar-refractivity contribution >= 4 is 23.4 Å². The monoisotopic (exact) mass is 365 g/mol. The van der Waals surface area contributed by atoms with Gasteiger partial charge in [0, 0.05) is 39.4 Å². The molecule has 0 bridgehead atoms. The van der Waals surface area contributed by atoms with Gasteiger partial charge in [-0.1, -0.05) is 0 Å². The fourth-order valence-corrected chi connectivity index (χ4v) is 2.54. The first-order valence-electron chi connectivity index (χ1n) is 7.81. The predicted octanol–water partition coefficient (Wildman–Crippen LogP) is 0.312. The molecule has 3 amide bonds. The van der Waals surface area contributed by atoms with E-state index in [0.29, 0.717) is 13.2 Å². The summed E-state index contributed by atoms with van der Waals surface area (Å²) in [5, 5.41) is 10.8. The third-order valence-electron chi connectivity index (χ3n) is 3.94. The molecular formula is C16H19N3O7. The number of carbonyl (C=O) groups is 3. The molecule has 26 heavy (non-hydrogen) atoms. The van der Waals surface area contributed by atoms with Crippen LogP contribution in [0.25, 0.3) is 0 Å². The molecule has 140 valence electrons. The lowest BCUT2D eigenvalue weighted by atomic mass is 10.1. The molecule has 1 aliphatic rings. The van der Waals surface area contributed by atoms with Crippen LogP contribution in [0, 0.1) is 10.1 Å². The molecule has 10 nitrogen and oxygen atoms in total. The van der Waals surface area contributed by atoms with E-state index < -0.39 is 29.2 Å². The predicted molar refractivity (Wildman–Crippen MR) is 88.8 cm³/mol. The van der Waals surface area contributed by atoms with E-state index in [-0.39, 0.29) is 29.9 Å². The quantitative estimate of drug-likeness (QED) is 0.351. The Bertz CT molecular complexity index is 727.